The molecule has 0 radical (unpaired) electrons. The molecule has 0 bridgehead atoms. The average molecular weight is 325 g/mol. The van der Waals surface area contributed by atoms with Gasteiger partial charge >= 0.3 is 0 Å². The first-order chi connectivity index (χ1) is 12.2. The molecule has 3 heterocycles. The van der Waals surface area contributed by atoms with E-state index in [0.29, 0.717) is 11.1 Å². The van der Waals surface area contributed by atoms with Gasteiger partial charge in [0, 0.05) is 32.6 Å². The first-order valence-electron chi connectivity index (χ1n) is 8.06. The van der Waals surface area contributed by atoms with E-state index in [2.05, 4.69) is 15.3 Å². The van der Waals surface area contributed by atoms with Crippen molar-refractivity contribution in [2.45, 2.75) is 0 Å². The van der Waals surface area contributed by atoms with Gasteiger partial charge in [-0.1, -0.05) is 36.4 Å². The molecule has 1 aliphatic heterocycles. The normalized spacial score (nSPS) is 14.1. The summed E-state index contributed by atoms with van der Waals surface area (Å²) in [5.41, 5.74) is 4.19. The van der Waals surface area contributed by atoms with Crippen molar-refractivity contribution in [2.75, 3.05) is 0 Å². The Morgan fingerprint density at radius 2 is 1.04 bits per heavy atom. The molecule has 0 unspecified atom stereocenters. The minimum atomic E-state index is -0.350. The molecule has 0 saturated heterocycles. The highest BCUT2D eigenvalue weighted by molar-refractivity contribution is 6.39. The Hall–Kier alpha value is -3.60. The summed E-state index contributed by atoms with van der Waals surface area (Å²) in [6.45, 7) is 0. The number of amides is 2. The smallest absolute Gasteiger partial charge is 0.261 e. The van der Waals surface area contributed by atoms with Gasteiger partial charge in [-0.2, -0.15) is 0 Å². The number of carbonyl (C=O) groups excluding carboxylic acids is 2. The number of aromatic nitrogens is 2. The maximum absolute atomic E-state index is 12.5. The van der Waals surface area contributed by atoms with E-state index < -0.39 is 0 Å². The molecule has 6 rings (SSSR count). The number of benzene rings is 3. The van der Waals surface area contributed by atoms with Gasteiger partial charge in [0.2, 0.25) is 0 Å². The number of hydrogen-bond donors (Lipinski definition) is 3. The van der Waals surface area contributed by atoms with Crippen LogP contribution in [-0.2, 0) is 0 Å². The second kappa shape index (κ2) is 4.08. The fourth-order valence-electron chi connectivity index (χ4n) is 4.11. The molecule has 5 heteroatoms. The van der Waals surface area contributed by atoms with Crippen LogP contribution in [0.3, 0.4) is 0 Å². The Morgan fingerprint density at radius 1 is 0.600 bits per heavy atom. The molecule has 2 amide bonds. The molecule has 118 valence electrons. The highest BCUT2D eigenvalue weighted by Gasteiger charge is 2.34. The molecular weight excluding hydrogens is 314 g/mol. The van der Waals surface area contributed by atoms with Gasteiger partial charge in [-0.25, -0.2) is 0 Å². The third-order valence-corrected chi connectivity index (χ3v) is 5.09. The summed E-state index contributed by atoms with van der Waals surface area (Å²) in [6, 6.07) is 15.9. The Morgan fingerprint density at radius 3 is 1.52 bits per heavy atom. The fraction of sp³-hybridized carbons (Fsp3) is 0. The predicted octanol–water partition coefficient (Wildman–Crippen LogP) is 3.84. The van der Waals surface area contributed by atoms with Crippen LogP contribution in [0, 0.1) is 0 Å². The van der Waals surface area contributed by atoms with E-state index in [0.717, 1.165) is 43.6 Å². The van der Waals surface area contributed by atoms with Gasteiger partial charge in [-0.3, -0.25) is 14.9 Å². The lowest BCUT2D eigenvalue weighted by Crippen LogP contribution is -2.20. The lowest BCUT2D eigenvalue weighted by molar-refractivity contribution is 0.0880. The molecule has 0 aliphatic carbocycles. The van der Waals surface area contributed by atoms with E-state index in [9.17, 15) is 9.59 Å². The van der Waals surface area contributed by atoms with E-state index in [4.69, 9.17) is 0 Å². The Balaban J connectivity index is 2.05. The largest absolute Gasteiger partial charge is 0.354 e. The second-order valence-corrected chi connectivity index (χ2v) is 6.37. The summed E-state index contributed by atoms with van der Waals surface area (Å²) in [6.07, 6.45) is 0. The molecule has 1 aliphatic rings. The molecule has 0 fully saturated rings. The van der Waals surface area contributed by atoms with E-state index in [-0.39, 0.29) is 11.8 Å². The van der Waals surface area contributed by atoms with Crippen LogP contribution in [0.5, 0.6) is 0 Å². The van der Waals surface area contributed by atoms with E-state index >= 15 is 0 Å². The Labute approximate surface area is 140 Å². The summed E-state index contributed by atoms with van der Waals surface area (Å²) >= 11 is 0. The van der Waals surface area contributed by atoms with Crippen LogP contribution in [-0.4, -0.2) is 21.8 Å². The first-order valence-corrected chi connectivity index (χ1v) is 8.06. The van der Waals surface area contributed by atoms with Crippen LogP contribution in [0.15, 0.2) is 48.5 Å². The zero-order valence-electron chi connectivity index (χ0n) is 12.9. The van der Waals surface area contributed by atoms with E-state index in [1.165, 1.54) is 0 Å². The number of hydrogen-bond acceptors (Lipinski definition) is 2. The lowest BCUT2D eigenvalue weighted by atomic mass is 9.98. The van der Waals surface area contributed by atoms with Crippen molar-refractivity contribution in [3.63, 3.8) is 0 Å². The highest BCUT2D eigenvalue weighted by atomic mass is 16.2. The number of aromatic amines is 2. The van der Waals surface area contributed by atoms with Crippen molar-refractivity contribution in [3.8, 4) is 0 Å². The summed E-state index contributed by atoms with van der Waals surface area (Å²) in [5, 5.41) is 6.48. The molecule has 0 atom stereocenters. The molecule has 0 saturated carbocycles. The van der Waals surface area contributed by atoms with Gasteiger partial charge in [-0.15, -0.1) is 0 Å². The van der Waals surface area contributed by atoms with Gasteiger partial charge in [0.25, 0.3) is 11.8 Å². The number of imide groups is 1. The van der Waals surface area contributed by atoms with Crippen molar-refractivity contribution in [1.82, 2.24) is 15.3 Å². The molecule has 5 nitrogen and oxygen atoms in total. The number of fused-ring (bicyclic) bond motifs is 10. The van der Waals surface area contributed by atoms with Crippen molar-refractivity contribution in [1.29, 1.82) is 0 Å². The standard InChI is InChI=1S/C20H11N3O2/c24-19-15-16(20(25)23-19)18-14(10-6-2-4-8-12(10)22-18)13-9-5-1-3-7-11(9)21-17(13)15/h1-8,21-22H,(H,23,24,25). The quantitative estimate of drug-likeness (QED) is 0.378. The molecule has 3 N–H and O–H groups in total. The summed E-state index contributed by atoms with van der Waals surface area (Å²) in [7, 11) is 0. The molecular formula is C20H11N3O2. The number of para-hydroxylation sites is 2. The van der Waals surface area contributed by atoms with E-state index in [1.807, 2.05) is 48.5 Å². The highest BCUT2D eigenvalue weighted by Crippen LogP contribution is 2.41. The minimum Gasteiger partial charge on any atom is -0.354 e. The molecule has 3 aromatic carbocycles. The molecule has 5 aromatic rings. The average Bonchev–Trinajstić information content (AvgIpc) is 3.25. The van der Waals surface area contributed by atoms with Crippen LogP contribution in [0.4, 0.5) is 0 Å². The minimum absolute atomic E-state index is 0.350. The summed E-state index contributed by atoms with van der Waals surface area (Å²) in [5.74, 6) is -0.700. The lowest BCUT2D eigenvalue weighted by Gasteiger charge is -2.02. The summed E-state index contributed by atoms with van der Waals surface area (Å²) in [4.78, 5) is 31.6. The van der Waals surface area contributed by atoms with E-state index in [1.54, 1.807) is 0 Å². The molecule has 0 spiro atoms. The maximum Gasteiger partial charge on any atom is 0.261 e. The maximum atomic E-state index is 12.5. The Bertz CT molecular complexity index is 1300. The SMILES string of the molecule is O=C1NC(=O)c2c1c1[nH]c3ccccc3c1c1c2[nH]c2ccccc21. The van der Waals surface area contributed by atoms with Gasteiger partial charge in [0.15, 0.2) is 0 Å². The second-order valence-electron chi connectivity index (χ2n) is 6.37. The van der Waals surface area contributed by atoms with Crippen LogP contribution in [0.1, 0.15) is 20.7 Å². The van der Waals surface area contributed by atoms with Crippen molar-refractivity contribution in [3.05, 3.63) is 59.7 Å². The third kappa shape index (κ3) is 1.39. The van der Waals surface area contributed by atoms with Gasteiger partial charge in [0.05, 0.1) is 22.2 Å². The Kier molecular flexibility index (Phi) is 2.08. The van der Waals surface area contributed by atoms with Crippen molar-refractivity contribution >= 4 is 55.4 Å². The fourth-order valence-corrected chi connectivity index (χ4v) is 4.11. The number of H-pyrrole nitrogens is 2. The number of carbonyl (C=O) groups is 2. The topological polar surface area (TPSA) is 77.8 Å². The zero-order valence-corrected chi connectivity index (χ0v) is 12.9. The first kappa shape index (κ1) is 12.8. The monoisotopic (exact) mass is 325 g/mol. The van der Waals surface area contributed by atoms with Crippen molar-refractivity contribution in [2.24, 2.45) is 0 Å². The number of nitrogens with one attached hydrogen (secondary N) is 3. The van der Waals surface area contributed by atoms with Crippen molar-refractivity contribution < 1.29 is 9.59 Å². The van der Waals surface area contributed by atoms with Crippen LogP contribution >= 0.6 is 0 Å². The van der Waals surface area contributed by atoms with Crippen LogP contribution < -0.4 is 5.32 Å². The van der Waals surface area contributed by atoms with Gasteiger partial charge < -0.3 is 9.97 Å². The van der Waals surface area contributed by atoms with Gasteiger partial charge in [-0.05, 0) is 12.1 Å². The number of rotatable bonds is 0. The third-order valence-electron chi connectivity index (χ3n) is 5.09. The predicted molar refractivity (Wildman–Crippen MR) is 97.0 cm³/mol. The van der Waals surface area contributed by atoms with Crippen LogP contribution in [0.2, 0.25) is 0 Å². The van der Waals surface area contributed by atoms with Gasteiger partial charge in [0.1, 0.15) is 0 Å². The molecule has 2 aromatic heterocycles. The van der Waals surface area contributed by atoms with Crippen LogP contribution in [0.25, 0.3) is 43.6 Å². The summed E-state index contributed by atoms with van der Waals surface area (Å²) < 4.78 is 0. The zero-order chi connectivity index (χ0) is 16.7. The molecule has 25 heavy (non-hydrogen) atoms.